The summed E-state index contributed by atoms with van der Waals surface area (Å²) in [6.07, 6.45) is 1.53. The van der Waals surface area contributed by atoms with Crippen molar-refractivity contribution in [1.82, 2.24) is 10.3 Å². The Hall–Kier alpha value is -1.24. The fraction of sp³-hybridized carbons (Fsp3) is 0.429. The largest absolute Gasteiger partial charge is 0.388 e. The SMILES string of the molecule is CCCC(C)(O)CNC(=O)c1csc(-c2ccsc2)n1. The summed E-state index contributed by atoms with van der Waals surface area (Å²) >= 11 is 3.06. The third kappa shape index (κ3) is 3.88. The molecule has 0 aliphatic carbocycles. The van der Waals surface area contributed by atoms with Crippen molar-refractivity contribution in [3.05, 3.63) is 27.9 Å². The Balaban J connectivity index is 1.97. The first-order chi connectivity index (χ1) is 9.52. The molecule has 6 heteroatoms. The summed E-state index contributed by atoms with van der Waals surface area (Å²) in [5.41, 5.74) is 0.580. The molecule has 0 fully saturated rings. The monoisotopic (exact) mass is 310 g/mol. The summed E-state index contributed by atoms with van der Waals surface area (Å²) in [6.45, 7) is 3.98. The molecule has 1 unspecified atom stereocenters. The highest BCUT2D eigenvalue weighted by Gasteiger charge is 2.21. The topological polar surface area (TPSA) is 62.2 Å². The minimum atomic E-state index is -0.864. The van der Waals surface area contributed by atoms with Gasteiger partial charge in [-0.2, -0.15) is 11.3 Å². The molecular weight excluding hydrogens is 292 g/mol. The Bertz CT molecular complexity index is 562. The van der Waals surface area contributed by atoms with Crippen LogP contribution in [0.25, 0.3) is 10.6 Å². The second-order valence-corrected chi connectivity index (χ2v) is 6.62. The van der Waals surface area contributed by atoms with Crippen molar-refractivity contribution in [1.29, 1.82) is 0 Å². The van der Waals surface area contributed by atoms with E-state index in [4.69, 9.17) is 0 Å². The van der Waals surface area contributed by atoms with E-state index in [1.54, 1.807) is 23.6 Å². The second-order valence-electron chi connectivity index (χ2n) is 4.98. The van der Waals surface area contributed by atoms with E-state index >= 15 is 0 Å². The van der Waals surface area contributed by atoms with E-state index in [0.29, 0.717) is 12.1 Å². The van der Waals surface area contributed by atoms with Crippen LogP contribution in [0, 0.1) is 0 Å². The number of carbonyl (C=O) groups excluding carboxylic acids is 1. The Morgan fingerprint density at radius 1 is 1.50 bits per heavy atom. The van der Waals surface area contributed by atoms with Crippen molar-refractivity contribution in [2.45, 2.75) is 32.3 Å². The highest BCUT2D eigenvalue weighted by Crippen LogP contribution is 2.25. The van der Waals surface area contributed by atoms with Gasteiger partial charge in [-0.1, -0.05) is 13.3 Å². The molecule has 2 rings (SSSR count). The maximum Gasteiger partial charge on any atom is 0.270 e. The Morgan fingerprint density at radius 3 is 2.95 bits per heavy atom. The van der Waals surface area contributed by atoms with Crippen LogP contribution in [0.15, 0.2) is 22.2 Å². The van der Waals surface area contributed by atoms with Crippen LogP contribution in [-0.2, 0) is 0 Å². The van der Waals surface area contributed by atoms with Crippen molar-refractivity contribution in [2.24, 2.45) is 0 Å². The van der Waals surface area contributed by atoms with Crippen LogP contribution in [0.3, 0.4) is 0 Å². The maximum atomic E-state index is 12.0. The quantitative estimate of drug-likeness (QED) is 0.861. The fourth-order valence-corrected chi connectivity index (χ4v) is 3.40. The molecule has 0 aromatic carbocycles. The highest BCUT2D eigenvalue weighted by atomic mass is 32.1. The molecule has 1 amide bonds. The van der Waals surface area contributed by atoms with Crippen molar-refractivity contribution in [2.75, 3.05) is 6.54 Å². The Kier molecular flexibility index (Phi) is 4.91. The smallest absolute Gasteiger partial charge is 0.270 e. The van der Waals surface area contributed by atoms with Crippen LogP contribution < -0.4 is 5.32 Å². The normalized spacial score (nSPS) is 13.9. The van der Waals surface area contributed by atoms with Gasteiger partial charge in [0.1, 0.15) is 10.7 Å². The van der Waals surface area contributed by atoms with E-state index in [2.05, 4.69) is 10.3 Å². The molecule has 0 aliphatic rings. The molecule has 2 N–H and O–H groups in total. The van der Waals surface area contributed by atoms with Crippen LogP contribution in [-0.4, -0.2) is 28.1 Å². The van der Waals surface area contributed by atoms with E-state index in [1.807, 2.05) is 23.8 Å². The van der Waals surface area contributed by atoms with E-state index in [0.717, 1.165) is 17.0 Å². The number of hydrogen-bond acceptors (Lipinski definition) is 5. The number of aliphatic hydroxyl groups is 1. The molecule has 0 saturated heterocycles. The van der Waals surface area contributed by atoms with Gasteiger partial charge in [0.15, 0.2) is 0 Å². The van der Waals surface area contributed by atoms with E-state index < -0.39 is 5.60 Å². The molecule has 4 nitrogen and oxygen atoms in total. The summed E-state index contributed by atoms with van der Waals surface area (Å²) in [6, 6.07) is 1.98. The Morgan fingerprint density at radius 2 is 2.30 bits per heavy atom. The zero-order chi connectivity index (χ0) is 14.6. The van der Waals surface area contributed by atoms with Gasteiger partial charge in [0.05, 0.1) is 5.60 Å². The zero-order valence-electron chi connectivity index (χ0n) is 11.5. The van der Waals surface area contributed by atoms with Gasteiger partial charge in [0.2, 0.25) is 0 Å². The number of amides is 1. The molecule has 0 aliphatic heterocycles. The average Bonchev–Trinajstić information content (AvgIpc) is 3.06. The van der Waals surface area contributed by atoms with Crippen molar-refractivity contribution in [3.63, 3.8) is 0 Å². The molecule has 0 bridgehead atoms. The van der Waals surface area contributed by atoms with Gasteiger partial charge < -0.3 is 10.4 Å². The molecule has 2 heterocycles. The number of thiazole rings is 1. The van der Waals surface area contributed by atoms with Crippen molar-refractivity contribution >= 4 is 28.6 Å². The summed E-state index contributed by atoms with van der Waals surface area (Å²) in [5.74, 6) is -0.237. The first-order valence-corrected chi connectivity index (χ1v) is 8.33. The van der Waals surface area contributed by atoms with E-state index in [-0.39, 0.29) is 12.5 Å². The lowest BCUT2D eigenvalue weighted by molar-refractivity contribution is 0.0468. The van der Waals surface area contributed by atoms with Crippen LogP contribution in [0.5, 0.6) is 0 Å². The lowest BCUT2D eigenvalue weighted by Crippen LogP contribution is -2.40. The van der Waals surface area contributed by atoms with Gasteiger partial charge in [-0.3, -0.25) is 4.79 Å². The van der Waals surface area contributed by atoms with Gasteiger partial charge in [-0.05, 0) is 24.8 Å². The zero-order valence-corrected chi connectivity index (χ0v) is 13.2. The maximum absolute atomic E-state index is 12.0. The van der Waals surface area contributed by atoms with Gasteiger partial charge >= 0.3 is 0 Å². The number of thiophene rings is 1. The lowest BCUT2D eigenvalue weighted by atomic mass is 10.0. The third-order valence-corrected chi connectivity index (χ3v) is 4.50. The van der Waals surface area contributed by atoms with Crippen LogP contribution >= 0.6 is 22.7 Å². The number of rotatable bonds is 6. The number of nitrogens with one attached hydrogen (secondary N) is 1. The van der Waals surface area contributed by atoms with Crippen molar-refractivity contribution < 1.29 is 9.90 Å². The predicted molar refractivity (Wildman–Crippen MR) is 83.3 cm³/mol. The van der Waals surface area contributed by atoms with Gasteiger partial charge in [-0.15, -0.1) is 11.3 Å². The first kappa shape index (κ1) is 15.2. The first-order valence-electron chi connectivity index (χ1n) is 6.50. The molecule has 108 valence electrons. The van der Waals surface area contributed by atoms with Gasteiger partial charge in [0.25, 0.3) is 5.91 Å². The number of hydrogen-bond donors (Lipinski definition) is 2. The van der Waals surface area contributed by atoms with E-state index in [9.17, 15) is 9.90 Å². The summed E-state index contributed by atoms with van der Waals surface area (Å²) in [4.78, 5) is 16.3. The fourth-order valence-electron chi connectivity index (χ4n) is 1.88. The third-order valence-electron chi connectivity index (χ3n) is 2.92. The molecule has 0 saturated carbocycles. The minimum absolute atomic E-state index is 0.237. The number of aromatic nitrogens is 1. The summed E-state index contributed by atoms with van der Waals surface area (Å²) in [5, 5.41) is 19.4. The molecule has 20 heavy (non-hydrogen) atoms. The second kappa shape index (κ2) is 6.47. The van der Waals surface area contributed by atoms with Gasteiger partial charge in [0, 0.05) is 22.9 Å². The number of nitrogens with zero attached hydrogens (tertiary/aromatic N) is 1. The van der Waals surface area contributed by atoms with Crippen molar-refractivity contribution in [3.8, 4) is 10.6 Å². The summed E-state index contributed by atoms with van der Waals surface area (Å²) in [7, 11) is 0. The summed E-state index contributed by atoms with van der Waals surface area (Å²) < 4.78 is 0. The predicted octanol–water partition coefficient (Wildman–Crippen LogP) is 3.15. The number of carbonyl (C=O) groups is 1. The van der Waals surface area contributed by atoms with Gasteiger partial charge in [-0.25, -0.2) is 4.98 Å². The minimum Gasteiger partial charge on any atom is -0.388 e. The lowest BCUT2D eigenvalue weighted by Gasteiger charge is -2.22. The molecule has 0 radical (unpaired) electrons. The standard InChI is InChI=1S/C14H18N2O2S2/c1-3-5-14(2,18)9-15-12(17)11-8-20-13(16-11)10-4-6-19-7-10/h4,6-8,18H,3,5,9H2,1-2H3,(H,15,17). The highest BCUT2D eigenvalue weighted by molar-refractivity contribution is 7.14. The average molecular weight is 310 g/mol. The molecule has 2 aromatic heterocycles. The van der Waals surface area contributed by atoms with Crippen LogP contribution in [0.2, 0.25) is 0 Å². The molecule has 0 spiro atoms. The Labute approximate surface area is 126 Å². The van der Waals surface area contributed by atoms with E-state index in [1.165, 1.54) is 11.3 Å². The van der Waals surface area contributed by atoms with Crippen LogP contribution in [0.1, 0.15) is 37.2 Å². The van der Waals surface area contributed by atoms with Crippen LogP contribution in [0.4, 0.5) is 0 Å². The molecule has 2 aromatic rings. The molecular formula is C14H18N2O2S2. The molecule has 1 atom stereocenters.